The van der Waals surface area contributed by atoms with Gasteiger partial charge >= 0.3 is 0 Å². The first-order chi connectivity index (χ1) is 11.5. The number of carbonyl (C=O) groups is 2. The van der Waals surface area contributed by atoms with Crippen LogP contribution in [0.15, 0.2) is 53.0 Å². The SMILES string of the molecule is CCOc1ccc([C@@H](CC(=O)[O-])NC(=O)c2cccc(Br)c2)cc1. The Hall–Kier alpha value is -2.34. The third-order valence-corrected chi connectivity index (χ3v) is 3.85. The number of carboxylic acid groups (broad SMARTS) is 1. The summed E-state index contributed by atoms with van der Waals surface area (Å²) in [5.41, 5.74) is 1.12. The van der Waals surface area contributed by atoms with Crippen molar-refractivity contribution >= 4 is 27.8 Å². The van der Waals surface area contributed by atoms with Crippen LogP contribution < -0.4 is 15.2 Å². The maximum absolute atomic E-state index is 12.4. The van der Waals surface area contributed by atoms with Gasteiger partial charge in [-0.2, -0.15) is 0 Å². The smallest absolute Gasteiger partial charge is 0.251 e. The van der Waals surface area contributed by atoms with Crippen molar-refractivity contribution in [3.05, 3.63) is 64.1 Å². The molecule has 2 aromatic carbocycles. The van der Waals surface area contributed by atoms with Gasteiger partial charge in [-0.05, 0) is 42.8 Å². The summed E-state index contributed by atoms with van der Waals surface area (Å²) in [6.07, 6.45) is -0.312. The minimum absolute atomic E-state index is 0.312. The van der Waals surface area contributed by atoms with Crippen molar-refractivity contribution in [3.63, 3.8) is 0 Å². The van der Waals surface area contributed by atoms with Gasteiger partial charge in [-0.3, -0.25) is 4.79 Å². The summed E-state index contributed by atoms with van der Waals surface area (Å²) < 4.78 is 6.14. The summed E-state index contributed by atoms with van der Waals surface area (Å²) in [6.45, 7) is 2.42. The van der Waals surface area contributed by atoms with Crippen LogP contribution in [0.25, 0.3) is 0 Å². The van der Waals surface area contributed by atoms with Crippen LogP contribution in [0, 0.1) is 0 Å². The molecule has 6 heteroatoms. The van der Waals surface area contributed by atoms with Gasteiger partial charge in [0.25, 0.3) is 5.91 Å². The minimum atomic E-state index is -1.23. The van der Waals surface area contributed by atoms with Gasteiger partial charge < -0.3 is 20.0 Å². The molecule has 5 nitrogen and oxygen atoms in total. The lowest BCUT2D eigenvalue weighted by Gasteiger charge is -2.20. The van der Waals surface area contributed by atoms with Gasteiger partial charge in [-0.25, -0.2) is 0 Å². The number of nitrogens with one attached hydrogen (secondary N) is 1. The number of aliphatic carboxylic acids is 1. The highest BCUT2D eigenvalue weighted by molar-refractivity contribution is 9.10. The molecule has 0 bridgehead atoms. The summed E-state index contributed by atoms with van der Waals surface area (Å²) in [5.74, 6) is -0.897. The number of carboxylic acids is 1. The molecule has 1 amide bonds. The molecule has 2 rings (SSSR count). The Labute approximate surface area is 148 Å². The zero-order chi connectivity index (χ0) is 17.5. The molecule has 0 aliphatic rings. The van der Waals surface area contributed by atoms with E-state index in [1.54, 1.807) is 42.5 Å². The summed E-state index contributed by atoms with van der Waals surface area (Å²) in [5, 5.41) is 13.8. The number of ether oxygens (including phenoxy) is 1. The molecule has 0 aliphatic heterocycles. The van der Waals surface area contributed by atoms with Crippen LogP contribution in [0.4, 0.5) is 0 Å². The lowest BCUT2D eigenvalue weighted by molar-refractivity contribution is -0.306. The third-order valence-electron chi connectivity index (χ3n) is 3.36. The predicted molar refractivity (Wildman–Crippen MR) is 91.6 cm³/mol. The maximum Gasteiger partial charge on any atom is 0.251 e. The molecule has 1 N–H and O–H groups in total. The van der Waals surface area contributed by atoms with E-state index >= 15 is 0 Å². The average molecular weight is 391 g/mol. The van der Waals surface area contributed by atoms with E-state index in [4.69, 9.17) is 4.74 Å². The van der Waals surface area contributed by atoms with Crippen molar-refractivity contribution in [1.29, 1.82) is 0 Å². The molecule has 0 spiro atoms. The van der Waals surface area contributed by atoms with E-state index < -0.39 is 12.0 Å². The topological polar surface area (TPSA) is 78.5 Å². The summed E-state index contributed by atoms with van der Waals surface area (Å²) in [7, 11) is 0. The number of rotatable bonds is 7. The largest absolute Gasteiger partial charge is 0.550 e. The van der Waals surface area contributed by atoms with E-state index in [1.807, 2.05) is 13.0 Å². The molecule has 0 saturated carbocycles. The molecular weight excluding hydrogens is 374 g/mol. The number of amides is 1. The first kappa shape index (κ1) is 18.0. The summed E-state index contributed by atoms with van der Waals surface area (Å²) in [6, 6.07) is 13.2. The van der Waals surface area contributed by atoms with Crippen molar-refractivity contribution in [1.82, 2.24) is 5.32 Å². The second-order valence-corrected chi connectivity index (χ2v) is 6.03. The summed E-state index contributed by atoms with van der Waals surface area (Å²) in [4.78, 5) is 23.4. The lowest BCUT2D eigenvalue weighted by atomic mass is 10.0. The van der Waals surface area contributed by atoms with Gasteiger partial charge in [-0.1, -0.05) is 34.1 Å². The summed E-state index contributed by atoms with van der Waals surface area (Å²) >= 11 is 3.31. The molecule has 0 unspecified atom stereocenters. The molecule has 0 aliphatic carbocycles. The Kier molecular flexibility index (Phi) is 6.37. The van der Waals surface area contributed by atoms with Crippen LogP contribution in [-0.2, 0) is 4.79 Å². The molecular formula is C18H17BrNO4-. The van der Waals surface area contributed by atoms with Crippen molar-refractivity contribution in [3.8, 4) is 5.75 Å². The fraction of sp³-hybridized carbons (Fsp3) is 0.222. The first-order valence-corrected chi connectivity index (χ1v) is 8.28. The molecule has 0 saturated heterocycles. The third kappa shape index (κ3) is 5.09. The normalized spacial score (nSPS) is 11.6. The zero-order valence-corrected chi connectivity index (χ0v) is 14.7. The first-order valence-electron chi connectivity index (χ1n) is 7.48. The average Bonchev–Trinajstić information content (AvgIpc) is 2.55. The van der Waals surface area contributed by atoms with Crippen LogP contribution in [0.1, 0.15) is 35.3 Å². The number of benzene rings is 2. The van der Waals surface area contributed by atoms with Crippen LogP contribution in [-0.4, -0.2) is 18.5 Å². The standard InChI is InChI=1S/C18H18BrNO4/c1-2-24-15-8-6-12(7-9-15)16(11-17(21)22)20-18(23)13-4-3-5-14(19)10-13/h3-10,16H,2,11H2,1H3,(H,20,23)(H,21,22)/p-1/t16-/m1/s1. The highest BCUT2D eigenvalue weighted by Crippen LogP contribution is 2.21. The van der Waals surface area contributed by atoms with Crippen molar-refractivity contribution in [2.24, 2.45) is 0 Å². The van der Waals surface area contributed by atoms with Crippen molar-refractivity contribution in [2.75, 3.05) is 6.61 Å². The van der Waals surface area contributed by atoms with E-state index in [2.05, 4.69) is 21.2 Å². The molecule has 0 fully saturated rings. The molecule has 2 aromatic rings. The zero-order valence-electron chi connectivity index (χ0n) is 13.1. The Bertz CT molecular complexity index is 715. The maximum atomic E-state index is 12.4. The Morgan fingerprint density at radius 2 is 1.92 bits per heavy atom. The Morgan fingerprint density at radius 3 is 2.50 bits per heavy atom. The molecule has 1 atom stereocenters. The second kappa shape index (κ2) is 8.49. The Morgan fingerprint density at radius 1 is 1.21 bits per heavy atom. The van der Waals surface area contributed by atoms with E-state index in [1.165, 1.54) is 0 Å². The van der Waals surface area contributed by atoms with E-state index in [9.17, 15) is 14.7 Å². The molecule has 0 radical (unpaired) electrons. The highest BCUT2D eigenvalue weighted by atomic mass is 79.9. The van der Waals surface area contributed by atoms with Crippen LogP contribution >= 0.6 is 15.9 Å². The monoisotopic (exact) mass is 390 g/mol. The fourth-order valence-corrected chi connectivity index (χ4v) is 2.65. The fourth-order valence-electron chi connectivity index (χ4n) is 2.25. The number of hydrogen-bond donors (Lipinski definition) is 1. The van der Waals surface area contributed by atoms with Crippen molar-refractivity contribution in [2.45, 2.75) is 19.4 Å². The number of halogens is 1. The van der Waals surface area contributed by atoms with Gasteiger partial charge in [-0.15, -0.1) is 0 Å². The van der Waals surface area contributed by atoms with E-state index in [-0.39, 0.29) is 12.3 Å². The highest BCUT2D eigenvalue weighted by Gasteiger charge is 2.16. The van der Waals surface area contributed by atoms with Crippen LogP contribution in [0.2, 0.25) is 0 Å². The number of carbonyl (C=O) groups excluding carboxylic acids is 2. The van der Waals surface area contributed by atoms with Gasteiger partial charge in [0.2, 0.25) is 0 Å². The molecule has 126 valence electrons. The van der Waals surface area contributed by atoms with Gasteiger partial charge in [0.1, 0.15) is 5.75 Å². The van der Waals surface area contributed by atoms with Crippen LogP contribution in [0.5, 0.6) is 5.75 Å². The van der Waals surface area contributed by atoms with E-state index in [0.29, 0.717) is 23.5 Å². The second-order valence-electron chi connectivity index (χ2n) is 5.11. The predicted octanol–water partition coefficient (Wildman–Crippen LogP) is 2.46. The molecule has 0 heterocycles. The Balaban J connectivity index is 2.18. The molecule has 24 heavy (non-hydrogen) atoms. The van der Waals surface area contributed by atoms with Gasteiger partial charge in [0.15, 0.2) is 0 Å². The van der Waals surface area contributed by atoms with Crippen LogP contribution in [0.3, 0.4) is 0 Å². The van der Waals surface area contributed by atoms with Gasteiger partial charge in [0.05, 0.1) is 12.6 Å². The molecule has 0 aromatic heterocycles. The van der Waals surface area contributed by atoms with Gasteiger partial charge in [0, 0.05) is 22.4 Å². The van der Waals surface area contributed by atoms with E-state index in [0.717, 1.165) is 4.47 Å². The van der Waals surface area contributed by atoms with Crippen molar-refractivity contribution < 1.29 is 19.4 Å². The number of hydrogen-bond acceptors (Lipinski definition) is 4. The lowest BCUT2D eigenvalue weighted by Crippen LogP contribution is -2.34. The minimum Gasteiger partial charge on any atom is -0.550 e. The quantitative estimate of drug-likeness (QED) is 0.787.